The molecule has 0 saturated carbocycles. The molecule has 1 unspecified atom stereocenters. The molecule has 1 aliphatic heterocycles. The van der Waals surface area contributed by atoms with Gasteiger partial charge in [-0.25, -0.2) is 8.42 Å². The van der Waals surface area contributed by atoms with Crippen LogP contribution < -0.4 is 5.73 Å². The van der Waals surface area contributed by atoms with Crippen molar-refractivity contribution >= 4 is 15.7 Å². The fraction of sp³-hybridized carbons (Fsp3) is 0.538. The molecule has 112 valence electrons. The third kappa shape index (κ3) is 2.80. The summed E-state index contributed by atoms with van der Waals surface area (Å²) in [6.45, 7) is 4.14. The predicted molar refractivity (Wildman–Crippen MR) is 75.9 cm³/mol. The summed E-state index contributed by atoms with van der Waals surface area (Å²) in [4.78, 5) is 0.230. The van der Waals surface area contributed by atoms with Crippen molar-refractivity contribution in [2.24, 2.45) is 0 Å². The standard InChI is InChI=1S/C13H20N2O4S/c1-9-5-11(14)6-13(10(9)2)20(17,18)15-3-4-19-12(7-15)8-16/h5-6,12,16H,3-4,7-8,14H2,1-2H3. The Morgan fingerprint density at radius 1 is 1.45 bits per heavy atom. The lowest BCUT2D eigenvalue weighted by Gasteiger charge is -2.31. The molecule has 7 heteroatoms. The maximum absolute atomic E-state index is 12.7. The molecule has 0 bridgehead atoms. The van der Waals surface area contributed by atoms with Gasteiger partial charge in [-0.05, 0) is 37.1 Å². The van der Waals surface area contributed by atoms with Crippen molar-refractivity contribution in [1.82, 2.24) is 4.31 Å². The average Bonchev–Trinajstić information content (AvgIpc) is 2.42. The predicted octanol–water partition coefficient (Wildman–Crippen LogP) is 0.267. The van der Waals surface area contributed by atoms with Crippen LogP contribution in [0.2, 0.25) is 0 Å². The number of sulfonamides is 1. The minimum atomic E-state index is -3.62. The number of hydrogen-bond donors (Lipinski definition) is 2. The first-order valence-electron chi connectivity index (χ1n) is 6.45. The molecule has 1 aromatic rings. The molecule has 0 spiro atoms. The minimum Gasteiger partial charge on any atom is -0.399 e. The highest BCUT2D eigenvalue weighted by molar-refractivity contribution is 7.89. The number of rotatable bonds is 3. The van der Waals surface area contributed by atoms with Crippen molar-refractivity contribution in [3.05, 3.63) is 23.3 Å². The first-order chi connectivity index (χ1) is 9.36. The number of aliphatic hydroxyl groups is 1. The fourth-order valence-corrected chi connectivity index (χ4v) is 4.07. The van der Waals surface area contributed by atoms with Crippen molar-refractivity contribution in [2.75, 3.05) is 32.0 Å². The molecule has 0 aliphatic carbocycles. The van der Waals surface area contributed by atoms with Crippen LogP contribution in [-0.4, -0.2) is 50.2 Å². The van der Waals surface area contributed by atoms with E-state index in [0.717, 1.165) is 5.56 Å². The van der Waals surface area contributed by atoms with Crippen LogP contribution in [0.3, 0.4) is 0 Å². The molecule has 1 aliphatic rings. The largest absolute Gasteiger partial charge is 0.399 e. The van der Waals surface area contributed by atoms with Gasteiger partial charge in [-0.15, -0.1) is 0 Å². The van der Waals surface area contributed by atoms with Crippen LogP contribution in [0.25, 0.3) is 0 Å². The van der Waals surface area contributed by atoms with Gasteiger partial charge in [-0.3, -0.25) is 0 Å². The normalized spacial score (nSPS) is 21.1. The van der Waals surface area contributed by atoms with Gasteiger partial charge in [0.25, 0.3) is 0 Å². The smallest absolute Gasteiger partial charge is 0.243 e. The zero-order chi connectivity index (χ0) is 14.9. The molecular formula is C13H20N2O4S. The number of hydrogen-bond acceptors (Lipinski definition) is 5. The summed E-state index contributed by atoms with van der Waals surface area (Å²) < 4.78 is 32.0. The molecule has 1 heterocycles. The Morgan fingerprint density at radius 2 is 2.15 bits per heavy atom. The summed E-state index contributed by atoms with van der Waals surface area (Å²) in [5.74, 6) is 0. The van der Waals surface area contributed by atoms with E-state index in [1.165, 1.54) is 10.4 Å². The SMILES string of the molecule is Cc1cc(N)cc(S(=O)(=O)N2CCOC(CO)C2)c1C. The van der Waals surface area contributed by atoms with Crippen molar-refractivity contribution < 1.29 is 18.3 Å². The molecule has 0 radical (unpaired) electrons. The zero-order valence-electron chi connectivity index (χ0n) is 11.7. The molecule has 20 heavy (non-hydrogen) atoms. The topological polar surface area (TPSA) is 92.9 Å². The summed E-state index contributed by atoms with van der Waals surface area (Å²) in [7, 11) is -3.62. The Hall–Kier alpha value is -1.15. The van der Waals surface area contributed by atoms with E-state index < -0.39 is 16.1 Å². The van der Waals surface area contributed by atoms with Gasteiger partial charge in [0.15, 0.2) is 0 Å². The summed E-state index contributed by atoms with van der Waals surface area (Å²) >= 11 is 0. The highest BCUT2D eigenvalue weighted by Crippen LogP contribution is 2.26. The van der Waals surface area contributed by atoms with Crippen LogP contribution in [0.4, 0.5) is 5.69 Å². The van der Waals surface area contributed by atoms with E-state index in [1.807, 2.05) is 6.92 Å². The second kappa shape index (κ2) is 5.69. The molecule has 1 aromatic carbocycles. The molecule has 1 saturated heterocycles. The van der Waals surface area contributed by atoms with Gasteiger partial charge in [-0.1, -0.05) is 0 Å². The lowest BCUT2D eigenvalue weighted by molar-refractivity contribution is -0.0304. The third-order valence-corrected chi connectivity index (χ3v) is 5.56. The number of ether oxygens (including phenoxy) is 1. The molecule has 1 atom stereocenters. The van der Waals surface area contributed by atoms with E-state index in [9.17, 15) is 8.42 Å². The van der Waals surface area contributed by atoms with E-state index in [1.54, 1.807) is 13.0 Å². The Bertz CT molecular complexity index is 601. The maximum Gasteiger partial charge on any atom is 0.243 e. The highest BCUT2D eigenvalue weighted by Gasteiger charge is 2.31. The first kappa shape index (κ1) is 15.2. The Morgan fingerprint density at radius 3 is 2.80 bits per heavy atom. The fourth-order valence-electron chi connectivity index (χ4n) is 2.28. The van der Waals surface area contributed by atoms with E-state index in [4.69, 9.17) is 15.6 Å². The van der Waals surface area contributed by atoms with E-state index >= 15 is 0 Å². The van der Waals surface area contributed by atoms with Crippen LogP contribution >= 0.6 is 0 Å². The van der Waals surface area contributed by atoms with Gasteiger partial charge in [0.2, 0.25) is 10.0 Å². The molecule has 6 nitrogen and oxygen atoms in total. The van der Waals surface area contributed by atoms with Gasteiger partial charge in [-0.2, -0.15) is 4.31 Å². The number of nitrogens with two attached hydrogens (primary N) is 1. The van der Waals surface area contributed by atoms with Gasteiger partial charge >= 0.3 is 0 Å². The summed E-state index contributed by atoms with van der Waals surface area (Å²) in [6.07, 6.45) is -0.471. The Kier molecular flexibility index (Phi) is 4.33. The van der Waals surface area contributed by atoms with Gasteiger partial charge < -0.3 is 15.6 Å². The zero-order valence-corrected chi connectivity index (χ0v) is 12.5. The van der Waals surface area contributed by atoms with Crippen LogP contribution in [-0.2, 0) is 14.8 Å². The van der Waals surface area contributed by atoms with Crippen LogP contribution in [0.1, 0.15) is 11.1 Å². The minimum absolute atomic E-state index is 0.159. The second-order valence-electron chi connectivity index (χ2n) is 5.00. The number of anilines is 1. The number of aliphatic hydroxyl groups excluding tert-OH is 1. The quantitative estimate of drug-likeness (QED) is 0.782. The maximum atomic E-state index is 12.7. The lowest BCUT2D eigenvalue weighted by Crippen LogP contribution is -2.46. The van der Waals surface area contributed by atoms with Gasteiger partial charge in [0.05, 0.1) is 24.2 Å². The van der Waals surface area contributed by atoms with Gasteiger partial charge in [0, 0.05) is 18.8 Å². The average molecular weight is 300 g/mol. The lowest BCUT2D eigenvalue weighted by atomic mass is 10.1. The van der Waals surface area contributed by atoms with Crippen molar-refractivity contribution in [2.45, 2.75) is 24.8 Å². The van der Waals surface area contributed by atoms with E-state index in [2.05, 4.69) is 0 Å². The molecule has 2 rings (SSSR count). The van der Waals surface area contributed by atoms with Crippen molar-refractivity contribution in [3.8, 4) is 0 Å². The summed E-state index contributed by atoms with van der Waals surface area (Å²) in [5.41, 5.74) is 7.73. The van der Waals surface area contributed by atoms with Crippen LogP contribution in [0, 0.1) is 13.8 Å². The molecule has 1 fully saturated rings. The third-order valence-electron chi connectivity index (χ3n) is 3.57. The van der Waals surface area contributed by atoms with Gasteiger partial charge in [0.1, 0.15) is 0 Å². The summed E-state index contributed by atoms with van der Waals surface area (Å²) in [6, 6.07) is 3.24. The number of morpholine rings is 1. The number of nitrogen functional groups attached to an aromatic ring is 1. The molecule has 0 aromatic heterocycles. The Balaban J connectivity index is 2.40. The molecule has 3 N–H and O–H groups in total. The number of benzene rings is 1. The summed E-state index contributed by atoms with van der Waals surface area (Å²) in [5, 5.41) is 9.12. The van der Waals surface area contributed by atoms with Crippen molar-refractivity contribution in [3.63, 3.8) is 0 Å². The highest BCUT2D eigenvalue weighted by atomic mass is 32.2. The Labute approximate surface area is 119 Å². The van der Waals surface area contributed by atoms with E-state index in [0.29, 0.717) is 11.3 Å². The monoisotopic (exact) mass is 300 g/mol. The second-order valence-corrected chi connectivity index (χ2v) is 6.91. The van der Waals surface area contributed by atoms with Crippen LogP contribution in [0.5, 0.6) is 0 Å². The number of nitrogens with zero attached hydrogens (tertiary/aromatic N) is 1. The van der Waals surface area contributed by atoms with Crippen LogP contribution in [0.15, 0.2) is 17.0 Å². The van der Waals surface area contributed by atoms with E-state index in [-0.39, 0.29) is 31.2 Å². The van der Waals surface area contributed by atoms with Crippen molar-refractivity contribution in [1.29, 1.82) is 0 Å². The molecular weight excluding hydrogens is 280 g/mol. The first-order valence-corrected chi connectivity index (χ1v) is 7.89. The molecule has 0 amide bonds. The number of aryl methyl sites for hydroxylation is 1.